The van der Waals surface area contributed by atoms with Gasteiger partial charge in [0, 0.05) is 37.1 Å². The molecule has 0 aromatic heterocycles. The van der Waals surface area contributed by atoms with Crippen LogP contribution in [0.4, 0.5) is 0 Å². The van der Waals surface area contributed by atoms with E-state index in [0.717, 1.165) is 12.4 Å². The summed E-state index contributed by atoms with van der Waals surface area (Å²) in [5.74, 6) is 1.03. The van der Waals surface area contributed by atoms with Gasteiger partial charge in [-0.25, -0.2) is 0 Å². The van der Waals surface area contributed by atoms with Gasteiger partial charge in [-0.1, -0.05) is 0 Å². The lowest BCUT2D eigenvalue weighted by Gasteiger charge is -2.20. The van der Waals surface area contributed by atoms with Crippen LogP contribution in [-0.4, -0.2) is 30.4 Å². The second kappa shape index (κ2) is 4.51. The highest BCUT2D eigenvalue weighted by molar-refractivity contribution is 6.04. The minimum absolute atomic E-state index is 0.834. The summed E-state index contributed by atoms with van der Waals surface area (Å²) in [5, 5.41) is 3.20. The van der Waals surface area contributed by atoms with E-state index in [9.17, 15) is 0 Å². The number of likely N-dealkylation sites (tertiary alicyclic amines) is 1. The van der Waals surface area contributed by atoms with E-state index in [1.807, 2.05) is 6.20 Å². The van der Waals surface area contributed by atoms with Gasteiger partial charge < -0.3 is 10.2 Å². The van der Waals surface area contributed by atoms with Gasteiger partial charge in [0.05, 0.1) is 0 Å². The van der Waals surface area contributed by atoms with Crippen LogP contribution in [0.1, 0.15) is 26.7 Å². The Bertz CT molecular complexity index is 320. The maximum Gasteiger partial charge on any atom is 0.134 e. The first-order valence-corrected chi connectivity index (χ1v) is 5.76. The summed E-state index contributed by atoms with van der Waals surface area (Å²) in [6.07, 6.45) is 6.75. The Morgan fingerprint density at radius 2 is 2.20 bits per heavy atom. The minimum Gasteiger partial charge on any atom is -0.374 e. The maximum atomic E-state index is 4.46. The second-order valence-electron chi connectivity index (χ2n) is 3.99. The number of nitrogens with zero attached hydrogens (tertiary/aromatic N) is 2. The lowest BCUT2D eigenvalue weighted by atomic mass is 10.2. The minimum atomic E-state index is 0.834. The number of nitrogens with one attached hydrogen (secondary N) is 1. The molecule has 0 saturated carbocycles. The first kappa shape index (κ1) is 10.3. The summed E-state index contributed by atoms with van der Waals surface area (Å²) in [4.78, 5) is 6.91. The van der Waals surface area contributed by atoms with Gasteiger partial charge in [-0.3, -0.25) is 4.99 Å². The normalized spacial score (nSPS) is 26.3. The van der Waals surface area contributed by atoms with Crippen molar-refractivity contribution in [2.75, 3.05) is 19.6 Å². The van der Waals surface area contributed by atoms with Crippen LogP contribution in [0.25, 0.3) is 0 Å². The molecule has 0 aromatic carbocycles. The van der Waals surface area contributed by atoms with Crippen LogP contribution >= 0.6 is 0 Å². The van der Waals surface area contributed by atoms with Crippen LogP contribution in [0.2, 0.25) is 0 Å². The van der Waals surface area contributed by atoms with Crippen LogP contribution in [0.5, 0.6) is 0 Å². The molecule has 0 atom stereocenters. The van der Waals surface area contributed by atoms with E-state index < -0.39 is 0 Å². The molecule has 3 heteroatoms. The molecule has 1 fully saturated rings. The summed E-state index contributed by atoms with van der Waals surface area (Å²) in [7, 11) is 0. The summed E-state index contributed by atoms with van der Waals surface area (Å²) < 4.78 is 0. The van der Waals surface area contributed by atoms with E-state index in [1.54, 1.807) is 0 Å². The highest BCUT2D eigenvalue weighted by Gasteiger charge is 2.18. The molecule has 82 valence electrons. The Hall–Kier alpha value is -1.25. The third-order valence-corrected chi connectivity index (χ3v) is 3.01. The lowest BCUT2D eigenvalue weighted by molar-refractivity contribution is 0.426. The Morgan fingerprint density at radius 3 is 2.87 bits per heavy atom. The van der Waals surface area contributed by atoms with Crippen LogP contribution < -0.4 is 5.32 Å². The van der Waals surface area contributed by atoms with Crippen molar-refractivity contribution in [3.8, 4) is 0 Å². The van der Waals surface area contributed by atoms with E-state index in [-0.39, 0.29) is 0 Å². The van der Waals surface area contributed by atoms with Gasteiger partial charge in [0.1, 0.15) is 5.84 Å². The number of hydrogen-bond donors (Lipinski definition) is 1. The highest BCUT2D eigenvalue weighted by atomic mass is 15.2. The van der Waals surface area contributed by atoms with E-state index >= 15 is 0 Å². The fourth-order valence-electron chi connectivity index (χ4n) is 2.16. The van der Waals surface area contributed by atoms with Gasteiger partial charge in [0.25, 0.3) is 0 Å². The number of amidine groups is 1. The van der Waals surface area contributed by atoms with Gasteiger partial charge in [-0.05, 0) is 32.8 Å². The van der Waals surface area contributed by atoms with Gasteiger partial charge in [-0.15, -0.1) is 0 Å². The Labute approximate surface area is 91.6 Å². The van der Waals surface area contributed by atoms with Gasteiger partial charge in [-0.2, -0.15) is 0 Å². The monoisotopic (exact) mass is 205 g/mol. The molecule has 0 aliphatic carbocycles. The standard InChI is InChI=1S/C12H19N3/c1-3-13-12-11(6-7-14-12)10(2)15-8-4-5-9-15/h6-7H,3-5,8-9H2,1-2H3,(H,13,14)/b11-10+. The average molecular weight is 205 g/mol. The molecule has 3 nitrogen and oxygen atoms in total. The van der Waals surface area contributed by atoms with E-state index in [1.165, 1.54) is 37.2 Å². The average Bonchev–Trinajstić information content (AvgIpc) is 2.87. The molecule has 2 heterocycles. The molecule has 0 unspecified atom stereocenters. The Morgan fingerprint density at radius 1 is 1.47 bits per heavy atom. The third-order valence-electron chi connectivity index (χ3n) is 3.01. The number of aliphatic imine (C=N–C) groups is 1. The zero-order valence-electron chi connectivity index (χ0n) is 9.58. The molecule has 1 saturated heterocycles. The van der Waals surface area contributed by atoms with Crippen molar-refractivity contribution in [2.45, 2.75) is 26.7 Å². The molecular formula is C12H19N3. The van der Waals surface area contributed by atoms with Crippen molar-refractivity contribution in [3.63, 3.8) is 0 Å². The molecule has 0 amide bonds. The zero-order chi connectivity index (χ0) is 10.7. The molecular weight excluding hydrogens is 186 g/mol. The summed E-state index contributed by atoms with van der Waals surface area (Å²) in [6.45, 7) is 7.49. The molecule has 0 bridgehead atoms. The van der Waals surface area contributed by atoms with E-state index in [0.29, 0.717) is 0 Å². The first-order chi connectivity index (χ1) is 7.33. The van der Waals surface area contributed by atoms with Crippen LogP contribution in [-0.2, 0) is 0 Å². The van der Waals surface area contributed by atoms with Crippen LogP contribution in [0, 0.1) is 0 Å². The smallest absolute Gasteiger partial charge is 0.134 e. The molecule has 2 aliphatic heterocycles. The number of rotatable bonds is 2. The van der Waals surface area contributed by atoms with Crippen molar-refractivity contribution >= 4 is 5.84 Å². The largest absolute Gasteiger partial charge is 0.374 e. The number of allylic oxidation sites excluding steroid dienone is 1. The molecule has 0 aromatic rings. The first-order valence-electron chi connectivity index (χ1n) is 5.76. The Kier molecular flexibility index (Phi) is 3.09. The predicted molar refractivity (Wildman–Crippen MR) is 63.8 cm³/mol. The summed E-state index contributed by atoms with van der Waals surface area (Å²) in [5.41, 5.74) is 2.62. The van der Waals surface area contributed by atoms with E-state index in [2.05, 4.69) is 35.1 Å². The zero-order valence-corrected chi connectivity index (χ0v) is 9.58. The van der Waals surface area contributed by atoms with Crippen molar-refractivity contribution < 1.29 is 0 Å². The summed E-state index contributed by atoms with van der Waals surface area (Å²) in [6, 6.07) is 0. The van der Waals surface area contributed by atoms with Crippen LogP contribution in [0.3, 0.4) is 0 Å². The molecule has 2 rings (SSSR count). The fraction of sp³-hybridized carbons (Fsp3) is 0.583. The highest BCUT2D eigenvalue weighted by Crippen LogP contribution is 2.20. The second-order valence-corrected chi connectivity index (χ2v) is 3.99. The van der Waals surface area contributed by atoms with Gasteiger partial charge in [0.15, 0.2) is 0 Å². The van der Waals surface area contributed by atoms with Crippen molar-refractivity contribution in [1.29, 1.82) is 0 Å². The molecule has 0 spiro atoms. The van der Waals surface area contributed by atoms with Gasteiger partial charge >= 0.3 is 0 Å². The van der Waals surface area contributed by atoms with Crippen molar-refractivity contribution in [3.05, 3.63) is 23.5 Å². The molecule has 1 N–H and O–H groups in total. The quantitative estimate of drug-likeness (QED) is 0.745. The molecule has 0 radical (unpaired) electrons. The fourth-order valence-corrected chi connectivity index (χ4v) is 2.16. The summed E-state index contributed by atoms with van der Waals surface area (Å²) >= 11 is 0. The van der Waals surface area contributed by atoms with Crippen LogP contribution in [0.15, 0.2) is 28.5 Å². The van der Waals surface area contributed by atoms with Crippen molar-refractivity contribution in [1.82, 2.24) is 10.2 Å². The number of hydrogen-bond acceptors (Lipinski definition) is 2. The lowest BCUT2D eigenvalue weighted by Crippen LogP contribution is -2.22. The topological polar surface area (TPSA) is 27.6 Å². The molecule has 2 aliphatic rings. The predicted octanol–water partition coefficient (Wildman–Crippen LogP) is 1.89. The maximum absolute atomic E-state index is 4.46. The van der Waals surface area contributed by atoms with E-state index in [4.69, 9.17) is 0 Å². The third kappa shape index (κ3) is 2.06. The van der Waals surface area contributed by atoms with Gasteiger partial charge in [0.2, 0.25) is 0 Å². The molecule has 15 heavy (non-hydrogen) atoms. The SMILES string of the molecule is CCN=C1NC=C/C1=C(/C)N1CCCC1. The van der Waals surface area contributed by atoms with Crippen molar-refractivity contribution in [2.24, 2.45) is 4.99 Å². The Balaban J connectivity index is 2.22.